The van der Waals surface area contributed by atoms with Crippen molar-refractivity contribution in [2.75, 3.05) is 30.4 Å². The molecule has 1 aliphatic heterocycles. The van der Waals surface area contributed by atoms with Gasteiger partial charge in [0, 0.05) is 49.5 Å². The lowest BCUT2D eigenvalue weighted by Crippen LogP contribution is -2.57. The Labute approximate surface area is 170 Å². The van der Waals surface area contributed by atoms with E-state index in [-0.39, 0.29) is 11.9 Å². The highest BCUT2D eigenvalue weighted by Crippen LogP contribution is 2.26. The van der Waals surface area contributed by atoms with Crippen LogP contribution >= 0.6 is 23.1 Å². The molecule has 146 valence electrons. The molecule has 1 aliphatic rings. The van der Waals surface area contributed by atoms with Gasteiger partial charge in [-0.05, 0) is 33.3 Å². The molecule has 5 nitrogen and oxygen atoms in total. The fraction of sp³-hybridized carbons (Fsp3) is 0.550. The number of nitrogens with zero attached hydrogens (tertiary/aromatic N) is 4. The molecule has 7 heteroatoms. The maximum absolute atomic E-state index is 12.7. The maximum atomic E-state index is 12.7. The Bertz CT molecular complexity index is 790. The highest BCUT2D eigenvalue weighted by atomic mass is 35.5. The first kappa shape index (κ1) is 20.1. The number of carbonyl (C=O) groups is 1. The van der Waals surface area contributed by atoms with Crippen molar-refractivity contribution >= 4 is 34.2 Å². The van der Waals surface area contributed by atoms with Gasteiger partial charge in [0.25, 0.3) is 0 Å². The van der Waals surface area contributed by atoms with Crippen LogP contribution in [-0.4, -0.2) is 51.7 Å². The zero-order valence-electron chi connectivity index (χ0n) is 16.4. The van der Waals surface area contributed by atoms with E-state index < -0.39 is 5.41 Å². The number of piperazine rings is 1. The number of hydrogen-bond acceptors (Lipinski definition) is 5. The number of halogens is 1. The van der Waals surface area contributed by atoms with Crippen LogP contribution in [0.3, 0.4) is 0 Å². The van der Waals surface area contributed by atoms with Gasteiger partial charge < -0.3 is 9.80 Å². The quantitative estimate of drug-likeness (QED) is 0.709. The number of benzene rings is 1. The summed E-state index contributed by atoms with van der Waals surface area (Å²) in [6.45, 7) is 10.2. The van der Waals surface area contributed by atoms with Crippen LogP contribution in [0.2, 0.25) is 0 Å². The van der Waals surface area contributed by atoms with Gasteiger partial charge in [-0.15, -0.1) is 11.6 Å². The molecule has 0 saturated carbocycles. The van der Waals surface area contributed by atoms with E-state index in [0.717, 1.165) is 30.5 Å². The Kier molecular flexibility index (Phi) is 6.06. The van der Waals surface area contributed by atoms with Crippen molar-refractivity contribution < 1.29 is 4.79 Å². The molecule has 0 bridgehead atoms. The van der Waals surface area contributed by atoms with Crippen molar-refractivity contribution in [3.8, 4) is 0 Å². The molecule has 27 heavy (non-hydrogen) atoms. The van der Waals surface area contributed by atoms with Gasteiger partial charge in [-0.1, -0.05) is 29.8 Å². The number of aryl methyl sites for hydroxylation is 1. The van der Waals surface area contributed by atoms with E-state index in [1.165, 1.54) is 22.7 Å². The van der Waals surface area contributed by atoms with E-state index in [1.54, 1.807) is 0 Å². The topological polar surface area (TPSA) is 49.3 Å². The average Bonchev–Trinajstić information content (AvgIpc) is 3.11. The van der Waals surface area contributed by atoms with E-state index in [2.05, 4.69) is 47.4 Å². The highest BCUT2D eigenvalue weighted by molar-refractivity contribution is 7.09. The van der Waals surface area contributed by atoms with Crippen molar-refractivity contribution in [3.63, 3.8) is 0 Å². The Morgan fingerprint density at radius 2 is 2.00 bits per heavy atom. The van der Waals surface area contributed by atoms with Crippen LogP contribution < -0.4 is 4.90 Å². The van der Waals surface area contributed by atoms with E-state index >= 15 is 0 Å². The molecule has 0 radical (unpaired) electrons. The number of anilines is 1. The normalized spacial score (nSPS) is 18.0. The van der Waals surface area contributed by atoms with E-state index in [4.69, 9.17) is 16.6 Å². The minimum absolute atomic E-state index is 0.123. The van der Waals surface area contributed by atoms with Crippen molar-refractivity contribution in [1.82, 2.24) is 14.3 Å². The summed E-state index contributed by atoms with van der Waals surface area (Å²) in [5.41, 5.74) is 1.95. The summed E-state index contributed by atoms with van der Waals surface area (Å²) < 4.78 is 4.53. The number of rotatable bonds is 5. The Balaban J connectivity index is 1.63. The number of carbonyl (C=O) groups excluding carboxylic acids is 1. The largest absolute Gasteiger partial charge is 0.343 e. The average molecular weight is 407 g/mol. The van der Waals surface area contributed by atoms with Crippen molar-refractivity contribution in [2.45, 2.75) is 40.2 Å². The lowest BCUT2D eigenvalue weighted by Gasteiger charge is -2.42. The molecule has 1 amide bonds. The van der Waals surface area contributed by atoms with Gasteiger partial charge >= 0.3 is 0 Å². The molecule has 3 rings (SSSR count). The molecule has 1 saturated heterocycles. The summed E-state index contributed by atoms with van der Waals surface area (Å²) in [5.74, 6) is 1.31. The summed E-state index contributed by atoms with van der Waals surface area (Å²) in [6.07, 6.45) is 0.745. The number of amides is 1. The molecule has 1 fully saturated rings. The fourth-order valence-corrected chi connectivity index (χ4v) is 4.05. The summed E-state index contributed by atoms with van der Waals surface area (Å²) in [6, 6.07) is 8.60. The van der Waals surface area contributed by atoms with Gasteiger partial charge in [0.15, 0.2) is 0 Å². The van der Waals surface area contributed by atoms with Gasteiger partial charge in [0.2, 0.25) is 11.0 Å². The van der Waals surface area contributed by atoms with Gasteiger partial charge in [-0.2, -0.15) is 4.37 Å². The first-order chi connectivity index (χ1) is 12.8. The van der Waals surface area contributed by atoms with Crippen LogP contribution in [-0.2, 0) is 11.2 Å². The van der Waals surface area contributed by atoms with Gasteiger partial charge in [0.05, 0.1) is 5.41 Å². The minimum Gasteiger partial charge on any atom is -0.343 e. The van der Waals surface area contributed by atoms with Crippen molar-refractivity contribution in [3.05, 3.63) is 41.2 Å². The van der Waals surface area contributed by atoms with Crippen molar-refractivity contribution in [1.29, 1.82) is 0 Å². The second-order valence-electron chi connectivity index (χ2n) is 7.97. The highest BCUT2D eigenvalue weighted by Gasteiger charge is 2.36. The lowest BCUT2D eigenvalue weighted by molar-refractivity contribution is -0.141. The van der Waals surface area contributed by atoms with Gasteiger partial charge in [0.1, 0.15) is 5.82 Å². The zero-order chi connectivity index (χ0) is 19.6. The number of alkyl halides is 1. The molecule has 0 N–H and O–H groups in total. The molecule has 0 aliphatic carbocycles. The molecular weight excluding hydrogens is 380 g/mol. The standard InChI is InChI=1S/C20H27ClN4OS/c1-14-5-7-16(8-6-14)11-17-22-19(27-23-17)24-9-10-25(15(2)12-24)18(26)20(3,4)13-21/h5-8,15H,9-13H2,1-4H3/t15-/m0/s1. The van der Waals surface area contributed by atoms with E-state index in [9.17, 15) is 4.79 Å². The minimum atomic E-state index is -0.526. The summed E-state index contributed by atoms with van der Waals surface area (Å²) >= 11 is 7.42. The molecule has 1 aromatic carbocycles. The Morgan fingerprint density at radius 3 is 2.63 bits per heavy atom. The third-order valence-electron chi connectivity index (χ3n) is 5.01. The molecule has 0 spiro atoms. The predicted molar refractivity (Wildman–Crippen MR) is 112 cm³/mol. The predicted octanol–water partition coefficient (Wildman–Crippen LogP) is 3.74. The zero-order valence-corrected chi connectivity index (χ0v) is 18.0. The van der Waals surface area contributed by atoms with Crippen LogP contribution in [0.15, 0.2) is 24.3 Å². The van der Waals surface area contributed by atoms with Crippen LogP contribution in [0, 0.1) is 12.3 Å². The molecular formula is C20H27ClN4OS. The lowest BCUT2D eigenvalue weighted by atomic mass is 9.93. The molecule has 0 unspecified atom stereocenters. The SMILES string of the molecule is Cc1ccc(Cc2nsc(N3CCN(C(=O)C(C)(C)CCl)[C@@H](C)C3)n2)cc1. The van der Waals surface area contributed by atoms with Crippen LogP contribution in [0.4, 0.5) is 5.13 Å². The van der Waals surface area contributed by atoms with Gasteiger partial charge in [-0.25, -0.2) is 4.98 Å². The molecule has 2 aromatic rings. The van der Waals surface area contributed by atoms with E-state index in [0.29, 0.717) is 12.4 Å². The Morgan fingerprint density at radius 1 is 1.30 bits per heavy atom. The smallest absolute Gasteiger partial charge is 0.229 e. The summed E-state index contributed by atoms with van der Waals surface area (Å²) in [7, 11) is 0. The van der Waals surface area contributed by atoms with Crippen LogP contribution in [0.5, 0.6) is 0 Å². The molecule has 2 heterocycles. The van der Waals surface area contributed by atoms with Crippen LogP contribution in [0.25, 0.3) is 0 Å². The van der Waals surface area contributed by atoms with Gasteiger partial charge in [-0.3, -0.25) is 4.79 Å². The number of hydrogen-bond donors (Lipinski definition) is 0. The second-order valence-corrected chi connectivity index (χ2v) is 8.96. The first-order valence-electron chi connectivity index (χ1n) is 9.30. The maximum Gasteiger partial charge on any atom is 0.229 e. The van der Waals surface area contributed by atoms with Crippen LogP contribution in [0.1, 0.15) is 37.7 Å². The third kappa shape index (κ3) is 4.61. The van der Waals surface area contributed by atoms with E-state index in [1.807, 2.05) is 18.7 Å². The monoisotopic (exact) mass is 406 g/mol. The number of aromatic nitrogens is 2. The molecule has 1 atom stereocenters. The first-order valence-corrected chi connectivity index (χ1v) is 10.6. The second kappa shape index (κ2) is 8.15. The molecule has 1 aromatic heterocycles. The third-order valence-corrected chi connectivity index (χ3v) is 6.50. The summed E-state index contributed by atoms with van der Waals surface area (Å²) in [4.78, 5) is 21.6. The summed E-state index contributed by atoms with van der Waals surface area (Å²) in [5, 5.41) is 0.938. The fourth-order valence-electron chi connectivity index (χ4n) is 3.21. The van der Waals surface area contributed by atoms with Crippen molar-refractivity contribution in [2.24, 2.45) is 5.41 Å². The Hall–Kier alpha value is -1.66.